The van der Waals surface area contributed by atoms with E-state index >= 15 is 0 Å². The van der Waals surface area contributed by atoms with E-state index in [0.717, 1.165) is 42.5 Å². The Morgan fingerprint density at radius 3 is 2.57 bits per heavy atom. The van der Waals surface area contributed by atoms with E-state index in [4.69, 9.17) is 5.10 Å². The van der Waals surface area contributed by atoms with Crippen molar-refractivity contribution in [3.8, 4) is 0 Å². The average molecular weight is 381 g/mol. The maximum atomic E-state index is 14.0. The molecule has 1 aliphatic heterocycles. The van der Waals surface area contributed by atoms with E-state index in [0.29, 0.717) is 0 Å². The molecule has 1 fully saturated rings. The Hall–Kier alpha value is -1.90. The van der Waals surface area contributed by atoms with Crippen molar-refractivity contribution >= 4 is 5.71 Å². The van der Waals surface area contributed by atoms with Crippen LogP contribution >= 0.6 is 0 Å². The molecule has 0 bridgehead atoms. The molecule has 2 unspecified atom stereocenters. The Labute approximate surface area is 169 Å². The van der Waals surface area contributed by atoms with Gasteiger partial charge in [-0.3, -0.25) is 5.01 Å². The molecule has 28 heavy (non-hydrogen) atoms. The number of halogens is 1. The van der Waals surface area contributed by atoms with Crippen LogP contribution in [0.5, 0.6) is 0 Å². The summed E-state index contributed by atoms with van der Waals surface area (Å²) >= 11 is 0. The highest BCUT2D eigenvalue weighted by Crippen LogP contribution is 2.38. The van der Waals surface area contributed by atoms with Crippen molar-refractivity contribution in [3.05, 3.63) is 59.4 Å². The van der Waals surface area contributed by atoms with Gasteiger partial charge in [-0.1, -0.05) is 56.5 Å². The molecule has 0 radical (unpaired) electrons. The Kier molecular flexibility index (Phi) is 5.99. The van der Waals surface area contributed by atoms with Crippen LogP contribution in [0.1, 0.15) is 70.3 Å². The molecular formula is C25H33FN2. The molecule has 1 saturated carbocycles. The summed E-state index contributed by atoms with van der Waals surface area (Å²) < 4.78 is 14.0. The number of allylic oxidation sites excluding steroid dienone is 4. The lowest BCUT2D eigenvalue weighted by Gasteiger charge is -2.33. The van der Waals surface area contributed by atoms with Crippen LogP contribution in [0.15, 0.2) is 53.2 Å². The smallest absolute Gasteiger partial charge is 0.123 e. The second kappa shape index (κ2) is 8.63. The fourth-order valence-corrected chi connectivity index (χ4v) is 5.16. The molecule has 0 spiro atoms. The molecule has 1 aromatic carbocycles. The molecule has 2 atom stereocenters. The van der Waals surface area contributed by atoms with Crippen molar-refractivity contribution < 1.29 is 4.39 Å². The van der Waals surface area contributed by atoms with Crippen LogP contribution in [-0.2, 0) is 0 Å². The van der Waals surface area contributed by atoms with Gasteiger partial charge in [0, 0.05) is 6.54 Å². The van der Waals surface area contributed by atoms with Crippen molar-refractivity contribution in [1.82, 2.24) is 5.01 Å². The standard InChI is InChI=1S/C25H33FN2/c1-3-19-12-14-20(15-13-19)17-28-18(2)24(22-10-7-11-23(26)16-22)25(27-28)21-8-5-4-6-9-21/h5,7-11,16,18-20,24H,3-4,6,12-15,17H2,1-2H3. The summed E-state index contributed by atoms with van der Waals surface area (Å²) in [7, 11) is 0. The van der Waals surface area contributed by atoms with E-state index in [-0.39, 0.29) is 17.8 Å². The normalized spacial score (nSPS) is 30.3. The molecular weight excluding hydrogens is 347 g/mol. The van der Waals surface area contributed by atoms with Crippen LogP contribution in [-0.4, -0.2) is 23.3 Å². The number of rotatable bonds is 5. The van der Waals surface area contributed by atoms with Gasteiger partial charge in [0.2, 0.25) is 0 Å². The zero-order valence-corrected chi connectivity index (χ0v) is 17.3. The molecule has 0 amide bonds. The van der Waals surface area contributed by atoms with E-state index in [1.54, 1.807) is 6.07 Å². The predicted octanol–water partition coefficient (Wildman–Crippen LogP) is 6.46. The number of benzene rings is 1. The van der Waals surface area contributed by atoms with Gasteiger partial charge in [0.1, 0.15) is 5.82 Å². The SMILES string of the molecule is CCC1CCC(CN2N=C(C3=CCCC=C3)C(c3cccc(F)c3)C2C)CC1. The molecule has 2 aliphatic carbocycles. The van der Waals surface area contributed by atoms with E-state index in [9.17, 15) is 4.39 Å². The van der Waals surface area contributed by atoms with Crippen LogP contribution in [0.4, 0.5) is 4.39 Å². The lowest BCUT2D eigenvalue weighted by atomic mass is 9.80. The van der Waals surface area contributed by atoms with Crippen molar-refractivity contribution in [2.45, 2.75) is 70.8 Å². The van der Waals surface area contributed by atoms with E-state index in [1.165, 1.54) is 43.7 Å². The van der Waals surface area contributed by atoms with Crippen LogP contribution in [0, 0.1) is 17.7 Å². The van der Waals surface area contributed by atoms with E-state index < -0.39 is 0 Å². The Bertz CT molecular complexity index is 771. The quantitative estimate of drug-likeness (QED) is 0.572. The topological polar surface area (TPSA) is 15.6 Å². The largest absolute Gasteiger partial charge is 0.293 e. The zero-order valence-electron chi connectivity index (χ0n) is 17.3. The summed E-state index contributed by atoms with van der Waals surface area (Å²) in [5, 5.41) is 7.43. The summed E-state index contributed by atoms with van der Waals surface area (Å²) in [5.74, 6) is 1.63. The molecule has 1 aromatic rings. The third-order valence-corrected chi connectivity index (χ3v) is 6.97. The maximum Gasteiger partial charge on any atom is 0.123 e. The molecule has 0 saturated heterocycles. The molecule has 3 heteroatoms. The summed E-state index contributed by atoms with van der Waals surface area (Å²) in [4.78, 5) is 0. The highest BCUT2D eigenvalue weighted by molar-refractivity contribution is 6.08. The third-order valence-electron chi connectivity index (χ3n) is 6.97. The Balaban J connectivity index is 1.57. The summed E-state index contributed by atoms with van der Waals surface area (Å²) in [5.41, 5.74) is 3.39. The van der Waals surface area contributed by atoms with Gasteiger partial charge in [0.05, 0.1) is 17.7 Å². The molecule has 1 heterocycles. The monoisotopic (exact) mass is 380 g/mol. The molecule has 0 aromatic heterocycles. The first kappa shape index (κ1) is 19.4. The Morgan fingerprint density at radius 2 is 1.89 bits per heavy atom. The zero-order chi connectivity index (χ0) is 19.5. The molecule has 4 rings (SSSR count). The van der Waals surface area contributed by atoms with Gasteiger partial charge in [-0.2, -0.15) is 5.10 Å². The maximum absolute atomic E-state index is 14.0. The highest BCUT2D eigenvalue weighted by Gasteiger charge is 2.37. The van der Waals surface area contributed by atoms with Gasteiger partial charge in [-0.25, -0.2) is 4.39 Å². The summed E-state index contributed by atoms with van der Waals surface area (Å²) in [6.45, 7) is 5.61. The van der Waals surface area contributed by atoms with Gasteiger partial charge >= 0.3 is 0 Å². The fraction of sp³-hybridized carbons (Fsp3) is 0.560. The minimum atomic E-state index is -0.159. The summed E-state index contributed by atoms with van der Waals surface area (Å²) in [6.07, 6.45) is 15.6. The lowest BCUT2D eigenvalue weighted by Crippen LogP contribution is -2.34. The average Bonchev–Trinajstić information content (AvgIpc) is 3.05. The lowest BCUT2D eigenvalue weighted by molar-refractivity contribution is 0.157. The minimum absolute atomic E-state index is 0.136. The van der Waals surface area contributed by atoms with Crippen LogP contribution < -0.4 is 0 Å². The third kappa shape index (κ3) is 4.09. The fourth-order valence-electron chi connectivity index (χ4n) is 5.16. The summed E-state index contributed by atoms with van der Waals surface area (Å²) in [6, 6.07) is 7.37. The highest BCUT2D eigenvalue weighted by atomic mass is 19.1. The number of hydrazone groups is 1. The molecule has 0 N–H and O–H groups in total. The number of hydrogen-bond donors (Lipinski definition) is 0. The molecule has 2 nitrogen and oxygen atoms in total. The first-order valence-corrected chi connectivity index (χ1v) is 11.1. The second-order valence-corrected chi connectivity index (χ2v) is 8.81. The van der Waals surface area contributed by atoms with Crippen LogP contribution in [0.25, 0.3) is 0 Å². The Morgan fingerprint density at radius 1 is 1.11 bits per heavy atom. The van der Waals surface area contributed by atoms with Crippen molar-refractivity contribution in [2.24, 2.45) is 16.9 Å². The van der Waals surface area contributed by atoms with Crippen molar-refractivity contribution in [3.63, 3.8) is 0 Å². The minimum Gasteiger partial charge on any atom is -0.293 e. The number of nitrogens with zero attached hydrogens (tertiary/aromatic N) is 2. The van der Waals surface area contributed by atoms with Gasteiger partial charge < -0.3 is 0 Å². The first-order chi connectivity index (χ1) is 13.7. The van der Waals surface area contributed by atoms with Gasteiger partial charge in [-0.15, -0.1) is 0 Å². The predicted molar refractivity (Wildman–Crippen MR) is 115 cm³/mol. The van der Waals surface area contributed by atoms with Crippen LogP contribution in [0.3, 0.4) is 0 Å². The molecule has 150 valence electrons. The second-order valence-electron chi connectivity index (χ2n) is 8.81. The first-order valence-electron chi connectivity index (χ1n) is 11.1. The molecule has 3 aliphatic rings. The van der Waals surface area contributed by atoms with Crippen molar-refractivity contribution in [1.29, 1.82) is 0 Å². The van der Waals surface area contributed by atoms with Gasteiger partial charge in [0.25, 0.3) is 0 Å². The van der Waals surface area contributed by atoms with Gasteiger partial charge in [0.15, 0.2) is 0 Å². The van der Waals surface area contributed by atoms with Gasteiger partial charge in [-0.05, 0) is 67.7 Å². The number of hydrogen-bond acceptors (Lipinski definition) is 2. The van der Waals surface area contributed by atoms with Crippen molar-refractivity contribution in [2.75, 3.05) is 6.54 Å². The van der Waals surface area contributed by atoms with Crippen LogP contribution in [0.2, 0.25) is 0 Å². The van der Waals surface area contributed by atoms with E-state index in [1.807, 2.05) is 6.07 Å². The van der Waals surface area contributed by atoms with E-state index in [2.05, 4.69) is 43.2 Å².